The van der Waals surface area contributed by atoms with Crippen molar-refractivity contribution in [1.29, 1.82) is 0 Å². The van der Waals surface area contributed by atoms with Gasteiger partial charge in [-0.15, -0.1) is 0 Å². The van der Waals surface area contributed by atoms with Gasteiger partial charge in [0.25, 0.3) is 0 Å². The van der Waals surface area contributed by atoms with Gasteiger partial charge in [-0.05, 0) is 57.3 Å². The topological polar surface area (TPSA) is 54.0 Å². The molecule has 190 valence electrons. The summed E-state index contributed by atoms with van der Waals surface area (Å²) in [7, 11) is 1.40. The molecule has 1 aliphatic carbocycles. The van der Waals surface area contributed by atoms with Crippen LogP contribution in [0, 0.1) is 11.8 Å². The number of allylic oxidation sites excluding steroid dienone is 1. The van der Waals surface area contributed by atoms with Crippen LogP contribution in [0.4, 0.5) is 4.39 Å². The number of carbonyl (C=O) groups excluding carboxylic acids is 1. The van der Waals surface area contributed by atoms with Crippen LogP contribution in [-0.4, -0.2) is 54.4 Å². The van der Waals surface area contributed by atoms with Gasteiger partial charge in [-0.1, -0.05) is 60.9 Å². The van der Waals surface area contributed by atoms with Gasteiger partial charge in [-0.3, -0.25) is 4.79 Å². The maximum atomic E-state index is 15.5. The van der Waals surface area contributed by atoms with Crippen LogP contribution in [0.15, 0.2) is 12.2 Å². The molecule has 3 aliphatic rings. The molecule has 7 heteroatoms. The number of carbonyl (C=O) groups is 1. The van der Waals surface area contributed by atoms with Crippen LogP contribution >= 0.6 is 22.6 Å². The summed E-state index contributed by atoms with van der Waals surface area (Å²) in [6, 6.07) is 0. The monoisotopic (exact) mass is 580 g/mol. The Kier molecular flexibility index (Phi) is 11.9. The average Bonchev–Trinajstić information content (AvgIpc) is 3.38. The van der Waals surface area contributed by atoms with Crippen LogP contribution in [-0.2, 0) is 23.7 Å². The molecule has 0 spiro atoms. The van der Waals surface area contributed by atoms with Crippen molar-refractivity contribution in [3.05, 3.63) is 12.2 Å². The number of alkyl halides is 2. The Hall–Kier alpha value is -0.250. The zero-order valence-corrected chi connectivity index (χ0v) is 22.4. The second-order valence-corrected chi connectivity index (χ2v) is 11.3. The van der Waals surface area contributed by atoms with E-state index in [1.807, 2.05) is 0 Å². The molecule has 8 atom stereocenters. The quantitative estimate of drug-likeness (QED) is 0.0840. The number of methoxy groups -OCH3 is 1. The molecule has 33 heavy (non-hydrogen) atoms. The Labute approximate surface area is 212 Å². The van der Waals surface area contributed by atoms with Crippen molar-refractivity contribution in [2.45, 2.75) is 119 Å². The van der Waals surface area contributed by atoms with Gasteiger partial charge < -0.3 is 18.9 Å². The lowest BCUT2D eigenvalue weighted by atomic mass is 9.88. The predicted molar refractivity (Wildman–Crippen MR) is 135 cm³/mol. The smallest absolute Gasteiger partial charge is 0.305 e. The van der Waals surface area contributed by atoms with Crippen LogP contribution in [0.1, 0.15) is 84.0 Å². The lowest BCUT2D eigenvalue weighted by molar-refractivity contribution is -0.179. The average molecular weight is 581 g/mol. The lowest BCUT2D eigenvalue weighted by Gasteiger charge is -2.27. The van der Waals surface area contributed by atoms with Gasteiger partial charge in [0, 0.05) is 22.9 Å². The molecule has 0 radical (unpaired) electrons. The van der Waals surface area contributed by atoms with E-state index < -0.39 is 6.17 Å². The van der Waals surface area contributed by atoms with E-state index in [-0.39, 0.29) is 46.3 Å². The Morgan fingerprint density at radius 1 is 1.18 bits per heavy atom. The molecule has 0 aromatic heterocycles. The Morgan fingerprint density at radius 3 is 2.76 bits per heavy atom. The third-order valence-electron chi connectivity index (χ3n) is 7.30. The van der Waals surface area contributed by atoms with Crippen molar-refractivity contribution in [2.24, 2.45) is 11.8 Å². The number of rotatable bonds is 13. The number of ether oxygens (including phenoxy) is 4. The molecule has 0 bridgehead atoms. The molecule has 3 rings (SSSR count). The Bertz CT molecular complexity index is 611. The summed E-state index contributed by atoms with van der Waals surface area (Å²) < 4.78 is 38.6. The standard InChI is InChI=1S/C26H42FIO5/c1-3-4-5-9-19(32-23-12-6-7-17-31-23)15-13-18-14-16-21-24(18)25(27)26(33-21)20(28)10-8-11-22(29)30-2/h13,15,18-21,23-26H,3-12,14,16-17H2,1-2H3/b15-13+/t18-,19-,20?,21-,23?,24+,25?,26?/m0/s1. The molecular formula is C26H42FIO5. The van der Waals surface area contributed by atoms with Crippen LogP contribution in [0.25, 0.3) is 0 Å². The van der Waals surface area contributed by atoms with E-state index in [4.69, 9.17) is 18.9 Å². The molecule has 0 aromatic carbocycles. The lowest BCUT2D eigenvalue weighted by Crippen LogP contribution is -2.32. The largest absolute Gasteiger partial charge is 0.469 e. The number of halogens is 2. The summed E-state index contributed by atoms with van der Waals surface area (Å²) in [5.74, 6) is -0.0938. The molecule has 0 aromatic rings. The normalized spacial score (nSPS) is 33.8. The van der Waals surface area contributed by atoms with Gasteiger partial charge >= 0.3 is 5.97 Å². The van der Waals surface area contributed by atoms with Crippen molar-refractivity contribution in [2.75, 3.05) is 13.7 Å². The molecular weight excluding hydrogens is 538 g/mol. The Morgan fingerprint density at radius 2 is 2.03 bits per heavy atom. The molecule has 2 aliphatic heterocycles. The van der Waals surface area contributed by atoms with E-state index in [9.17, 15) is 4.79 Å². The number of hydrogen-bond donors (Lipinski definition) is 0. The maximum Gasteiger partial charge on any atom is 0.305 e. The highest BCUT2D eigenvalue weighted by atomic mass is 127. The maximum absolute atomic E-state index is 15.5. The van der Waals surface area contributed by atoms with Crippen molar-refractivity contribution < 1.29 is 28.1 Å². The van der Waals surface area contributed by atoms with Gasteiger partial charge in [0.15, 0.2) is 6.29 Å². The van der Waals surface area contributed by atoms with E-state index in [0.717, 1.165) is 58.0 Å². The molecule has 1 saturated carbocycles. The fourth-order valence-electron chi connectivity index (χ4n) is 5.42. The minimum absolute atomic E-state index is 0.00124. The molecule has 2 heterocycles. The van der Waals surface area contributed by atoms with Crippen molar-refractivity contribution >= 4 is 28.6 Å². The minimum Gasteiger partial charge on any atom is -0.469 e. The van der Waals surface area contributed by atoms with Crippen LogP contribution in [0.2, 0.25) is 0 Å². The molecule has 0 amide bonds. The summed E-state index contributed by atoms with van der Waals surface area (Å²) in [4.78, 5) is 11.4. The van der Waals surface area contributed by atoms with E-state index in [1.165, 1.54) is 20.0 Å². The number of hydrogen-bond acceptors (Lipinski definition) is 5. The highest BCUT2D eigenvalue weighted by Crippen LogP contribution is 2.47. The van der Waals surface area contributed by atoms with Crippen molar-refractivity contribution in [3.8, 4) is 0 Å². The first-order valence-electron chi connectivity index (χ1n) is 13.0. The second kappa shape index (κ2) is 14.3. The van der Waals surface area contributed by atoms with Crippen molar-refractivity contribution in [3.63, 3.8) is 0 Å². The summed E-state index contributed by atoms with van der Waals surface area (Å²) >= 11 is 2.30. The zero-order chi connectivity index (χ0) is 23.6. The first kappa shape index (κ1) is 27.3. The van der Waals surface area contributed by atoms with E-state index >= 15 is 4.39 Å². The highest BCUT2D eigenvalue weighted by molar-refractivity contribution is 14.1. The fourth-order valence-corrected chi connectivity index (χ4v) is 6.42. The van der Waals surface area contributed by atoms with Crippen LogP contribution in [0.5, 0.6) is 0 Å². The Balaban J connectivity index is 1.54. The summed E-state index contributed by atoms with van der Waals surface area (Å²) in [5.41, 5.74) is 0. The number of fused-ring (bicyclic) bond motifs is 1. The second-order valence-electron chi connectivity index (χ2n) is 9.74. The molecule has 0 N–H and O–H groups in total. The van der Waals surface area contributed by atoms with Gasteiger partial charge in [0.2, 0.25) is 0 Å². The van der Waals surface area contributed by atoms with Gasteiger partial charge in [-0.2, -0.15) is 0 Å². The number of esters is 1. The summed E-state index contributed by atoms with van der Waals surface area (Å²) in [6.07, 6.45) is 14.4. The third kappa shape index (κ3) is 8.14. The molecule has 2 saturated heterocycles. The van der Waals surface area contributed by atoms with Crippen molar-refractivity contribution in [1.82, 2.24) is 0 Å². The molecule has 5 nitrogen and oxygen atoms in total. The molecule has 4 unspecified atom stereocenters. The first-order chi connectivity index (χ1) is 16.0. The van der Waals surface area contributed by atoms with Crippen LogP contribution in [0.3, 0.4) is 0 Å². The highest BCUT2D eigenvalue weighted by Gasteiger charge is 2.52. The first-order valence-corrected chi connectivity index (χ1v) is 14.2. The molecule has 3 fully saturated rings. The van der Waals surface area contributed by atoms with E-state index in [1.54, 1.807) is 0 Å². The minimum atomic E-state index is -0.965. The summed E-state index contributed by atoms with van der Waals surface area (Å²) in [5, 5.41) is 0. The SMILES string of the molecule is CCCCC[C@@H](/C=C/[C@H]1CC[C@@H]2OC(C(I)CCCC(=O)OC)C(F)[C@@H]21)OC1CCCCO1. The van der Waals surface area contributed by atoms with Crippen LogP contribution < -0.4 is 0 Å². The van der Waals surface area contributed by atoms with Gasteiger partial charge in [0.1, 0.15) is 12.3 Å². The third-order valence-corrected chi connectivity index (χ3v) is 8.63. The zero-order valence-electron chi connectivity index (χ0n) is 20.3. The van der Waals surface area contributed by atoms with Gasteiger partial charge in [0.05, 0.1) is 19.3 Å². The van der Waals surface area contributed by atoms with E-state index in [0.29, 0.717) is 12.8 Å². The van der Waals surface area contributed by atoms with Gasteiger partial charge in [-0.25, -0.2) is 4.39 Å². The predicted octanol–water partition coefficient (Wildman–Crippen LogP) is 6.31. The van der Waals surface area contributed by atoms with E-state index in [2.05, 4.69) is 41.7 Å². The number of unbranched alkanes of at least 4 members (excludes halogenated alkanes) is 2. The fraction of sp³-hybridized carbons (Fsp3) is 0.885. The summed E-state index contributed by atoms with van der Waals surface area (Å²) in [6.45, 7) is 2.99.